The second-order valence-electron chi connectivity index (χ2n) is 6.64. The van der Waals surface area contributed by atoms with Crippen molar-refractivity contribution in [1.29, 1.82) is 0 Å². The Kier molecular flexibility index (Phi) is 3.29. The molecule has 1 aromatic rings. The Bertz CT molecular complexity index is 619. The van der Waals surface area contributed by atoms with Crippen molar-refractivity contribution in [2.24, 2.45) is 5.92 Å². The van der Waals surface area contributed by atoms with Gasteiger partial charge in [-0.2, -0.15) is 4.98 Å². The van der Waals surface area contributed by atoms with Gasteiger partial charge in [0.1, 0.15) is 0 Å². The summed E-state index contributed by atoms with van der Waals surface area (Å²) in [5, 5.41) is 3.92. The van der Waals surface area contributed by atoms with Crippen LogP contribution in [0, 0.1) is 5.92 Å². The van der Waals surface area contributed by atoms with Crippen LogP contribution in [0.2, 0.25) is 0 Å². The molecule has 21 heavy (non-hydrogen) atoms. The van der Waals surface area contributed by atoms with Gasteiger partial charge < -0.3 is 4.52 Å². The van der Waals surface area contributed by atoms with E-state index in [1.807, 2.05) is 0 Å². The van der Waals surface area contributed by atoms with E-state index in [0.717, 1.165) is 44.3 Å². The lowest BCUT2D eigenvalue weighted by atomic mass is 9.96. The van der Waals surface area contributed by atoms with Crippen LogP contribution in [-0.4, -0.2) is 41.2 Å². The van der Waals surface area contributed by atoms with Crippen molar-refractivity contribution in [2.45, 2.75) is 56.1 Å². The molecule has 3 fully saturated rings. The normalized spacial score (nSPS) is 27.9. The third-order valence-electron chi connectivity index (χ3n) is 4.68. The second kappa shape index (κ2) is 5.05. The molecule has 1 aliphatic heterocycles. The molecule has 0 radical (unpaired) electrons. The molecule has 2 saturated carbocycles. The van der Waals surface area contributed by atoms with Gasteiger partial charge in [0.25, 0.3) is 0 Å². The Labute approximate surface area is 124 Å². The largest absolute Gasteiger partial charge is 0.339 e. The maximum Gasteiger partial charge on any atom is 0.226 e. The maximum atomic E-state index is 12.3. The summed E-state index contributed by atoms with van der Waals surface area (Å²) in [6.45, 7) is 1.28. The fourth-order valence-electron chi connectivity index (χ4n) is 3.11. The van der Waals surface area contributed by atoms with Crippen molar-refractivity contribution in [3.63, 3.8) is 0 Å². The third kappa shape index (κ3) is 2.85. The summed E-state index contributed by atoms with van der Waals surface area (Å²) in [6, 6.07) is 0. The molecule has 7 heteroatoms. The highest BCUT2D eigenvalue weighted by Crippen LogP contribution is 2.38. The monoisotopic (exact) mass is 311 g/mol. The number of piperidine rings is 1. The number of aromatic nitrogens is 2. The van der Waals surface area contributed by atoms with E-state index < -0.39 is 10.0 Å². The number of hydrogen-bond donors (Lipinski definition) is 0. The molecule has 1 atom stereocenters. The summed E-state index contributed by atoms with van der Waals surface area (Å²) in [5.41, 5.74) is 0. The SMILES string of the molecule is O=S(=O)(C1CC1)N1CCC[C@H](Cc2nc(C3CC3)no2)C1. The van der Waals surface area contributed by atoms with Gasteiger partial charge in [0.2, 0.25) is 15.9 Å². The standard InChI is InChI=1S/C14H21N3O3S/c18-21(19,12-5-6-12)17-7-1-2-10(9-17)8-13-15-14(16-20-13)11-3-4-11/h10-12H,1-9H2/t10-/m1/s1. The molecule has 1 saturated heterocycles. The van der Waals surface area contributed by atoms with E-state index in [0.29, 0.717) is 37.2 Å². The van der Waals surface area contributed by atoms with Gasteiger partial charge in [0.05, 0.1) is 5.25 Å². The molecular formula is C14H21N3O3S. The Morgan fingerprint density at radius 2 is 2.00 bits per heavy atom. The maximum absolute atomic E-state index is 12.3. The van der Waals surface area contributed by atoms with Crippen LogP contribution in [-0.2, 0) is 16.4 Å². The highest BCUT2D eigenvalue weighted by atomic mass is 32.2. The fraction of sp³-hybridized carbons (Fsp3) is 0.857. The van der Waals surface area contributed by atoms with Crippen LogP contribution in [0.5, 0.6) is 0 Å². The highest BCUT2D eigenvalue weighted by molar-refractivity contribution is 7.90. The van der Waals surface area contributed by atoms with Crippen molar-refractivity contribution in [2.75, 3.05) is 13.1 Å². The Morgan fingerprint density at radius 1 is 1.19 bits per heavy atom. The fourth-order valence-corrected chi connectivity index (χ4v) is 5.06. The number of hydrogen-bond acceptors (Lipinski definition) is 5. The van der Waals surface area contributed by atoms with Crippen LogP contribution in [0.25, 0.3) is 0 Å². The van der Waals surface area contributed by atoms with Gasteiger partial charge in [-0.15, -0.1) is 0 Å². The van der Waals surface area contributed by atoms with Crippen LogP contribution in [0.15, 0.2) is 4.52 Å². The van der Waals surface area contributed by atoms with E-state index in [1.54, 1.807) is 4.31 Å². The summed E-state index contributed by atoms with van der Waals surface area (Å²) in [6.07, 6.45) is 6.66. The van der Waals surface area contributed by atoms with Gasteiger partial charge in [-0.05, 0) is 44.4 Å². The average Bonchev–Trinajstić information content (AvgIpc) is 3.37. The first-order chi connectivity index (χ1) is 10.1. The molecule has 0 spiro atoms. The molecule has 0 aromatic carbocycles. The summed E-state index contributed by atoms with van der Waals surface area (Å²) in [4.78, 5) is 4.46. The topological polar surface area (TPSA) is 76.3 Å². The molecule has 4 rings (SSSR count). The molecule has 1 aromatic heterocycles. The predicted octanol–water partition coefficient (Wildman–Crippen LogP) is 1.69. The minimum atomic E-state index is -3.05. The average molecular weight is 311 g/mol. The Hall–Kier alpha value is -0.950. The van der Waals surface area contributed by atoms with E-state index in [-0.39, 0.29) is 5.25 Å². The van der Waals surface area contributed by atoms with Gasteiger partial charge in [0, 0.05) is 25.4 Å². The van der Waals surface area contributed by atoms with E-state index in [2.05, 4.69) is 10.1 Å². The molecule has 2 heterocycles. The van der Waals surface area contributed by atoms with Crippen molar-refractivity contribution in [1.82, 2.24) is 14.4 Å². The van der Waals surface area contributed by atoms with Crippen molar-refractivity contribution in [3.05, 3.63) is 11.7 Å². The van der Waals surface area contributed by atoms with Crippen molar-refractivity contribution < 1.29 is 12.9 Å². The summed E-state index contributed by atoms with van der Waals surface area (Å²) < 4.78 is 31.7. The van der Waals surface area contributed by atoms with Gasteiger partial charge in [0.15, 0.2) is 5.82 Å². The summed E-state index contributed by atoms with van der Waals surface area (Å²) in [7, 11) is -3.05. The summed E-state index contributed by atoms with van der Waals surface area (Å²) in [5.74, 6) is 2.32. The number of nitrogens with zero attached hydrogens (tertiary/aromatic N) is 3. The number of rotatable bonds is 5. The van der Waals surface area contributed by atoms with Crippen LogP contribution in [0.1, 0.15) is 56.2 Å². The van der Waals surface area contributed by atoms with Crippen molar-refractivity contribution >= 4 is 10.0 Å². The van der Waals surface area contributed by atoms with Gasteiger partial charge in [-0.25, -0.2) is 12.7 Å². The Balaban J connectivity index is 1.40. The molecule has 2 aliphatic carbocycles. The second-order valence-corrected chi connectivity index (χ2v) is 8.85. The zero-order valence-electron chi connectivity index (χ0n) is 12.1. The van der Waals surface area contributed by atoms with Crippen LogP contribution >= 0.6 is 0 Å². The smallest absolute Gasteiger partial charge is 0.226 e. The first-order valence-electron chi connectivity index (χ1n) is 7.94. The van der Waals surface area contributed by atoms with E-state index >= 15 is 0 Å². The quantitative estimate of drug-likeness (QED) is 0.827. The van der Waals surface area contributed by atoms with Gasteiger partial charge in [-0.1, -0.05) is 5.16 Å². The van der Waals surface area contributed by atoms with Gasteiger partial charge >= 0.3 is 0 Å². The lowest BCUT2D eigenvalue weighted by Crippen LogP contribution is -2.42. The summed E-state index contributed by atoms with van der Waals surface area (Å²) >= 11 is 0. The minimum Gasteiger partial charge on any atom is -0.339 e. The van der Waals surface area contributed by atoms with Crippen LogP contribution in [0.4, 0.5) is 0 Å². The van der Waals surface area contributed by atoms with Gasteiger partial charge in [-0.3, -0.25) is 0 Å². The molecule has 0 unspecified atom stereocenters. The molecule has 116 valence electrons. The van der Waals surface area contributed by atoms with E-state index in [1.165, 1.54) is 0 Å². The van der Waals surface area contributed by atoms with Crippen LogP contribution < -0.4 is 0 Å². The Morgan fingerprint density at radius 3 is 2.71 bits per heavy atom. The number of sulfonamides is 1. The molecule has 0 bridgehead atoms. The lowest BCUT2D eigenvalue weighted by Gasteiger charge is -2.31. The van der Waals surface area contributed by atoms with Crippen LogP contribution in [0.3, 0.4) is 0 Å². The first-order valence-corrected chi connectivity index (χ1v) is 9.44. The molecule has 0 N–H and O–H groups in total. The minimum absolute atomic E-state index is 0.110. The predicted molar refractivity (Wildman–Crippen MR) is 76.2 cm³/mol. The molecule has 6 nitrogen and oxygen atoms in total. The molecule has 3 aliphatic rings. The lowest BCUT2D eigenvalue weighted by molar-refractivity contribution is 0.246. The zero-order chi connectivity index (χ0) is 14.4. The first kappa shape index (κ1) is 13.7. The van der Waals surface area contributed by atoms with E-state index in [4.69, 9.17) is 4.52 Å². The zero-order valence-corrected chi connectivity index (χ0v) is 12.9. The van der Waals surface area contributed by atoms with E-state index in [9.17, 15) is 8.42 Å². The highest BCUT2D eigenvalue weighted by Gasteiger charge is 2.41. The third-order valence-corrected chi connectivity index (χ3v) is 7.04. The molecule has 0 amide bonds. The van der Waals surface area contributed by atoms with Crippen molar-refractivity contribution in [3.8, 4) is 0 Å². The molecular weight excluding hydrogens is 290 g/mol.